The van der Waals surface area contributed by atoms with Crippen molar-refractivity contribution in [3.8, 4) is 0 Å². The Morgan fingerprint density at radius 3 is 2.03 bits per heavy atom. The first-order valence-electron chi connectivity index (χ1n) is 10.6. The zero-order chi connectivity index (χ0) is 21.9. The van der Waals surface area contributed by atoms with Crippen molar-refractivity contribution in [3.63, 3.8) is 0 Å². The fraction of sp³-hybridized carbons (Fsp3) is 0.652. The van der Waals surface area contributed by atoms with E-state index in [1.165, 1.54) is 19.8 Å². The third-order valence-electron chi connectivity index (χ3n) is 8.01. The number of carbonyl (C=O) groups excluding carboxylic acids is 2. The number of ether oxygens (including phenoxy) is 2. The van der Waals surface area contributed by atoms with Crippen LogP contribution in [0.15, 0.2) is 30.3 Å². The molecule has 0 N–H and O–H groups in total. The summed E-state index contributed by atoms with van der Waals surface area (Å²) in [7, 11) is 2.26. The van der Waals surface area contributed by atoms with Crippen molar-refractivity contribution in [2.24, 2.45) is 16.7 Å². The molecule has 1 aromatic carbocycles. The van der Waals surface area contributed by atoms with Crippen LogP contribution in [0.2, 0.25) is 6.32 Å². The van der Waals surface area contributed by atoms with E-state index in [9.17, 15) is 9.59 Å². The van der Waals surface area contributed by atoms with E-state index in [4.69, 9.17) is 18.8 Å². The van der Waals surface area contributed by atoms with Gasteiger partial charge in [0.2, 0.25) is 0 Å². The third kappa shape index (κ3) is 2.93. The Kier molecular flexibility index (Phi) is 4.86. The molecule has 0 amide bonds. The van der Waals surface area contributed by atoms with Gasteiger partial charge in [-0.2, -0.15) is 0 Å². The lowest BCUT2D eigenvalue weighted by molar-refractivity contribution is -0.170. The van der Waals surface area contributed by atoms with Crippen molar-refractivity contribution in [1.82, 2.24) is 0 Å². The van der Waals surface area contributed by atoms with Gasteiger partial charge in [-0.05, 0) is 69.7 Å². The minimum absolute atomic E-state index is 0.164. The Balaban J connectivity index is 1.67. The van der Waals surface area contributed by atoms with Gasteiger partial charge in [-0.15, -0.1) is 0 Å². The van der Waals surface area contributed by atoms with Gasteiger partial charge in [-0.1, -0.05) is 30.3 Å². The van der Waals surface area contributed by atoms with Crippen LogP contribution >= 0.6 is 0 Å². The van der Waals surface area contributed by atoms with Gasteiger partial charge in [0.15, 0.2) is 5.41 Å². The molecule has 30 heavy (non-hydrogen) atoms. The van der Waals surface area contributed by atoms with E-state index in [0.717, 1.165) is 0 Å². The summed E-state index contributed by atoms with van der Waals surface area (Å²) in [6, 6.07) is 10.3. The van der Waals surface area contributed by atoms with Crippen molar-refractivity contribution in [3.05, 3.63) is 35.9 Å². The number of benzene rings is 1. The summed E-state index contributed by atoms with van der Waals surface area (Å²) in [6.07, 6.45) is 1.43. The maximum atomic E-state index is 12.7. The maximum absolute atomic E-state index is 12.7. The van der Waals surface area contributed by atoms with E-state index in [1.807, 2.05) is 45.9 Å². The summed E-state index contributed by atoms with van der Waals surface area (Å²) in [5.74, 6) is -0.611. The van der Waals surface area contributed by atoms with E-state index in [-0.39, 0.29) is 17.3 Å². The topological polar surface area (TPSA) is 71.1 Å². The Labute approximate surface area is 178 Å². The number of fused-ring (bicyclic) bond motifs is 1. The molecule has 3 aliphatic rings. The molecule has 3 atom stereocenters. The first-order valence-corrected chi connectivity index (χ1v) is 10.6. The van der Waals surface area contributed by atoms with E-state index in [0.29, 0.717) is 19.2 Å². The van der Waals surface area contributed by atoms with Crippen molar-refractivity contribution in [2.75, 3.05) is 14.2 Å². The molecule has 4 rings (SSSR count). The highest BCUT2D eigenvalue weighted by molar-refractivity contribution is 6.46. The van der Waals surface area contributed by atoms with Crippen LogP contribution < -0.4 is 0 Å². The van der Waals surface area contributed by atoms with E-state index in [2.05, 4.69) is 12.1 Å². The highest BCUT2D eigenvalue weighted by Gasteiger charge is 2.78. The van der Waals surface area contributed by atoms with Crippen LogP contribution in [0.25, 0.3) is 0 Å². The van der Waals surface area contributed by atoms with Crippen LogP contribution in [-0.2, 0) is 28.4 Å². The molecule has 0 radical (unpaired) electrons. The monoisotopic (exact) mass is 414 g/mol. The molecule has 0 aromatic heterocycles. The maximum Gasteiger partial charge on any atom is 0.458 e. The molecule has 0 bridgehead atoms. The Morgan fingerprint density at radius 1 is 1.00 bits per heavy atom. The average Bonchev–Trinajstić information content (AvgIpc) is 3.03. The molecule has 3 fully saturated rings. The quantitative estimate of drug-likeness (QED) is 0.417. The van der Waals surface area contributed by atoms with Crippen molar-refractivity contribution < 1.29 is 28.4 Å². The lowest BCUT2D eigenvalue weighted by atomic mass is 9.69. The fourth-order valence-electron chi connectivity index (χ4n) is 5.87. The molecule has 2 saturated carbocycles. The molecule has 1 aliphatic heterocycles. The minimum atomic E-state index is -1.26. The standard InChI is InChI=1S/C23H31BO6/c1-20(2)21(3,4)30-24(29-20)14-23-13-22(18(25)27-5,19(26)28-6)12-16(23)17(23)15-10-8-7-9-11-15/h7-11,16-17H,12-14H2,1-6H3/t16-,17-,23+/m0/s1. The first kappa shape index (κ1) is 21.4. The molecule has 0 unspecified atom stereocenters. The van der Waals surface area contributed by atoms with Crippen molar-refractivity contribution in [2.45, 2.75) is 64.0 Å². The Bertz CT molecular complexity index is 819. The highest BCUT2D eigenvalue weighted by Crippen LogP contribution is 2.79. The van der Waals surface area contributed by atoms with E-state index < -0.39 is 35.7 Å². The largest absolute Gasteiger partial charge is 0.468 e. The van der Waals surface area contributed by atoms with Crippen LogP contribution in [0.5, 0.6) is 0 Å². The highest BCUT2D eigenvalue weighted by atomic mass is 16.7. The van der Waals surface area contributed by atoms with Crippen LogP contribution in [0.3, 0.4) is 0 Å². The molecule has 162 valence electrons. The summed E-state index contributed by atoms with van der Waals surface area (Å²) in [5.41, 5.74) is -1.17. The SMILES string of the molecule is COC(=O)C1(C(=O)OC)C[C@H]2[C@H](c3ccccc3)[C@@]2(CB2OC(C)(C)C(C)(C)O2)C1. The van der Waals surface area contributed by atoms with Crippen LogP contribution in [0.4, 0.5) is 0 Å². The summed E-state index contributed by atoms with van der Waals surface area (Å²) in [6.45, 7) is 8.13. The molecule has 1 heterocycles. The van der Waals surface area contributed by atoms with Gasteiger partial charge in [0, 0.05) is 0 Å². The lowest BCUT2D eigenvalue weighted by Gasteiger charge is -2.32. The number of carbonyl (C=O) groups is 2. The van der Waals surface area contributed by atoms with E-state index >= 15 is 0 Å². The second-order valence-electron chi connectivity index (χ2n) is 10.1. The Hall–Kier alpha value is -1.86. The number of esters is 2. The fourth-order valence-corrected chi connectivity index (χ4v) is 5.87. The molecule has 6 nitrogen and oxygen atoms in total. The molecule has 7 heteroatoms. The van der Waals surface area contributed by atoms with Gasteiger partial charge in [0.1, 0.15) is 0 Å². The third-order valence-corrected chi connectivity index (χ3v) is 8.01. The molecule has 1 saturated heterocycles. The van der Waals surface area contributed by atoms with E-state index in [1.54, 1.807) is 0 Å². The molecular weight excluding hydrogens is 383 g/mol. The Morgan fingerprint density at radius 2 is 1.53 bits per heavy atom. The van der Waals surface area contributed by atoms with Gasteiger partial charge in [-0.3, -0.25) is 9.59 Å². The summed E-state index contributed by atoms with van der Waals surface area (Å²) in [5, 5.41) is 0. The predicted octanol–water partition coefficient (Wildman–Crippen LogP) is 3.60. The minimum Gasteiger partial charge on any atom is -0.468 e. The molecule has 1 aromatic rings. The number of hydrogen-bond acceptors (Lipinski definition) is 6. The smallest absolute Gasteiger partial charge is 0.458 e. The molecule has 0 spiro atoms. The predicted molar refractivity (Wildman–Crippen MR) is 112 cm³/mol. The zero-order valence-corrected chi connectivity index (χ0v) is 18.7. The average molecular weight is 414 g/mol. The second-order valence-corrected chi connectivity index (χ2v) is 10.1. The van der Waals surface area contributed by atoms with Crippen LogP contribution in [0, 0.1) is 16.7 Å². The first-order chi connectivity index (χ1) is 14.0. The van der Waals surface area contributed by atoms with Crippen LogP contribution in [-0.4, -0.2) is 44.5 Å². The zero-order valence-electron chi connectivity index (χ0n) is 18.7. The summed E-state index contributed by atoms with van der Waals surface area (Å²) < 4.78 is 22.7. The number of hydrogen-bond donors (Lipinski definition) is 0. The van der Waals surface area contributed by atoms with Crippen molar-refractivity contribution >= 4 is 19.1 Å². The van der Waals surface area contributed by atoms with Gasteiger partial charge in [-0.25, -0.2) is 0 Å². The number of methoxy groups -OCH3 is 2. The van der Waals surface area contributed by atoms with Gasteiger partial charge < -0.3 is 18.8 Å². The number of rotatable bonds is 5. The summed E-state index contributed by atoms with van der Waals surface area (Å²) in [4.78, 5) is 25.5. The van der Waals surface area contributed by atoms with Crippen LogP contribution in [0.1, 0.15) is 52.0 Å². The summed E-state index contributed by atoms with van der Waals surface area (Å²) >= 11 is 0. The second kappa shape index (κ2) is 6.82. The molecule has 2 aliphatic carbocycles. The van der Waals surface area contributed by atoms with Crippen molar-refractivity contribution in [1.29, 1.82) is 0 Å². The van der Waals surface area contributed by atoms with Gasteiger partial charge in [0.05, 0.1) is 25.4 Å². The lowest BCUT2D eigenvalue weighted by Crippen LogP contribution is -2.41. The van der Waals surface area contributed by atoms with Gasteiger partial charge >= 0.3 is 19.1 Å². The molecular formula is C23H31BO6. The van der Waals surface area contributed by atoms with Gasteiger partial charge in [0.25, 0.3) is 0 Å². The normalized spacial score (nSPS) is 32.4.